The van der Waals surface area contributed by atoms with Crippen LogP contribution in [0.2, 0.25) is 0 Å². The zero-order chi connectivity index (χ0) is 10.6. The summed E-state index contributed by atoms with van der Waals surface area (Å²) in [7, 11) is 0. The van der Waals surface area contributed by atoms with Crippen LogP contribution in [0.25, 0.3) is 0 Å². The van der Waals surface area contributed by atoms with Gasteiger partial charge in [-0.05, 0) is 18.1 Å². The molecule has 1 rings (SSSR count). The summed E-state index contributed by atoms with van der Waals surface area (Å²) < 4.78 is 0. The molecular weight excluding hydrogens is 196 g/mol. The highest BCUT2D eigenvalue weighted by Gasteiger charge is 2.24. The second-order valence-corrected chi connectivity index (χ2v) is 5.31. The fourth-order valence-electron chi connectivity index (χ4n) is 1.64. The van der Waals surface area contributed by atoms with Crippen molar-refractivity contribution in [3.05, 3.63) is 0 Å². The van der Waals surface area contributed by atoms with E-state index in [4.69, 9.17) is 5.73 Å². The van der Waals surface area contributed by atoms with Crippen molar-refractivity contribution in [1.82, 2.24) is 5.32 Å². The van der Waals surface area contributed by atoms with E-state index in [-0.39, 0.29) is 11.8 Å². The van der Waals surface area contributed by atoms with Crippen LogP contribution in [-0.4, -0.2) is 30.0 Å². The molecule has 2 atom stereocenters. The summed E-state index contributed by atoms with van der Waals surface area (Å²) in [5.74, 6) is 2.66. The van der Waals surface area contributed by atoms with Gasteiger partial charge in [-0.25, -0.2) is 0 Å². The van der Waals surface area contributed by atoms with Crippen molar-refractivity contribution < 1.29 is 4.79 Å². The van der Waals surface area contributed by atoms with Crippen molar-refractivity contribution in [3.63, 3.8) is 0 Å². The maximum Gasteiger partial charge on any atom is 0.224 e. The average Bonchev–Trinajstić information content (AvgIpc) is 2.57. The second-order valence-electron chi connectivity index (χ2n) is 4.16. The molecule has 0 bridgehead atoms. The third-order valence-electron chi connectivity index (χ3n) is 2.67. The summed E-state index contributed by atoms with van der Waals surface area (Å²) in [4.78, 5) is 11.8. The Kier molecular flexibility index (Phi) is 4.75. The summed E-state index contributed by atoms with van der Waals surface area (Å²) >= 11 is 1.91. The highest BCUT2D eigenvalue weighted by atomic mass is 32.2. The average molecular weight is 216 g/mol. The first kappa shape index (κ1) is 11.9. The second kappa shape index (κ2) is 5.61. The summed E-state index contributed by atoms with van der Waals surface area (Å²) in [5.41, 5.74) is 5.58. The van der Waals surface area contributed by atoms with E-state index in [0.29, 0.717) is 18.5 Å². The smallest absolute Gasteiger partial charge is 0.224 e. The summed E-state index contributed by atoms with van der Waals surface area (Å²) in [6.07, 6.45) is 1.10. The van der Waals surface area contributed by atoms with Gasteiger partial charge in [-0.2, -0.15) is 11.8 Å². The Labute approximate surface area is 90.2 Å². The van der Waals surface area contributed by atoms with Gasteiger partial charge in [-0.15, -0.1) is 0 Å². The van der Waals surface area contributed by atoms with Gasteiger partial charge in [-0.1, -0.05) is 13.8 Å². The van der Waals surface area contributed by atoms with Crippen LogP contribution in [0.4, 0.5) is 0 Å². The van der Waals surface area contributed by atoms with Crippen molar-refractivity contribution >= 4 is 17.7 Å². The lowest BCUT2D eigenvalue weighted by Gasteiger charge is -2.20. The Morgan fingerprint density at radius 2 is 2.36 bits per heavy atom. The van der Waals surface area contributed by atoms with Gasteiger partial charge >= 0.3 is 0 Å². The predicted molar refractivity (Wildman–Crippen MR) is 61.3 cm³/mol. The lowest BCUT2D eigenvalue weighted by atomic mass is 9.95. The molecule has 1 aliphatic heterocycles. The lowest BCUT2D eigenvalue weighted by molar-refractivity contribution is -0.126. The van der Waals surface area contributed by atoms with E-state index >= 15 is 0 Å². The van der Waals surface area contributed by atoms with Crippen LogP contribution in [0, 0.1) is 11.8 Å². The molecule has 14 heavy (non-hydrogen) atoms. The van der Waals surface area contributed by atoms with Crippen molar-refractivity contribution in [2.45, 2.75) is 26.3 Å². The van der Waals surface area contributed by atoms with Gasteiger partial charge in [-0.3, -0.25) is 4.79 Å². The Bertz CT molecular complexity index is 191. The molecule has 0 aromatic heterocycles. The van der Waals surface area contributed by atoms with Gasteiger partial charge in [0.2, 0.25) is 5.91 Å². The molecule has 0 radical (unpaired) electrons. The molecule has 1 heterocycles. The number of nitrogens with two attached hydrogens (primary N) is 1. The van der Waals surface area contributed by atoms with Crippen molar-refractivity contribution in [3.8, 4) is 0 Å². The number of amides is 1. The van der Waals surface area contributed by atoms with Crippen LogP contribution in [-0.2, 0) is 4.79 Å². The maximum absolute atomic E-state index is 11.8. The van der Waals surface area contributed by atoms with E-state index in [2.05, 4.69) is 5.32 Å². The van der Waals surface area contributed by atoms with Crippen LogP contribution in [0.3, 0.4) is 0 Å². The van der Waals surface area contributed by atoms with Gasteiger partial charge in [0.05, 0.1) is 5.92 Å². The van der Waals surface area contributed by atoms with E-state index < -0.39 is 0 Å². The van der Waals surface area contributed by atoms with Crippen molar-refractivity contribution in [2.75, 3.05) is 18.1 Å². The summed E-state index contributed by atoms with van der Waals surface area (Å²) in [6, 6.07) is 0.375. The number of thioether (sulfide) groups is 1. The quantitative estimate of drug-likeness (QED) is 0.732. The molecule has 4 heteroatoms. The first-order valence-electron chi connectivity index (χ1n) is 5.23. The van der Waals surface area contributed by atoms with Crippen LogP contribution >= 0.6 is 11.8 Å². The normalized spacial score (nSPS) is 23.9. The molecule has 0 saturated carbocycles. The molecule has 1 amide bonds. The van der Waals surface area contributed by atoms with Crippen LogP contribution < -0.4 is 11.1 Å². The molecule has 82 valence electrons. The lowest BCUT2D eigenvalue weighted by Crippen LogP contribution is -2.43. The number of hydrogen-bond acceptors (Lipinski definition) is 3. The van der Waals surface area contributed by atoms with E-state index in [1.807, 2.05) is 25.6 Å². The molecule has 1 saturated heterocycles. The Balaban J connectivity index is 2.38. The van der Waals surface area contributed by atoms with Gasteiger partial charge in [0.25, 0.3) is 0 Å². The summed E-state index contributed by atoms with van der Waals surface area (Å²) in [5, 5.41) is 3.07. The SMILES string of the molecule is CC(C)C(CN)C(=O)NC1CCSC1. The van der Waals surface area contributed by atoms with E-state index in [9.17, 15) is 4.79 Å². The number of carbonyl (C=O) groups excluding carboxylic acids is 1. The minimum Gasteiger partial charge on any atom is -0.352 e. The monoisotopic (exact) mass is 216 g/mol. The molecule has 0 aliphatic carbocycles. The first-order chi connectivity index (χ1) is 6.65. The topological polar surface area (TPSA) is 55.1 Å². The highest BCUT2D eigenvalue weighted by Crippen LogP contribution is 2.18. The molecule has 0 aromatic carbocycles. The first-order valence-corrected chi connectivity index (χ1v) is 6.38. The highest BCUT2D eigenvalue weighted by molar-refractivity contribution is 7.99. The standard InChI is InChI=1S/C10H20N2OS/c1-7(2)9(5-11)10(13)12-8-3-4-14-6-8/h7-9H,3-6,11H2,1-2H3,(H,12,13). The molecule has 3 nitrogen and oxygen atoms in total. The molecule has 1 fully saturated rings. The predicted octanol–water partition coefficient (Wildman–Crippen LogP) is 0.839. The Morgan fingerprint density at radius 1 is 1.64 bits per heavy atom. The third kappa shape index (κ3) is 3.17. The largest absolute Gasteiger partial charge is 0.352 e. The van der Waals surface area contributed by atoms with Crippen molar-refractivity contribution in [1.29, 1.82) is 0 Å². The number of hydrogen-bond donors (Lipinski definition) is 2. The Morgan fingerprint density at radius 3 is 2.79 bits per heavy atom. The van der Waals surface area contributed by atoms with Crippen molar-refractivity contribution in [2.24, 2.45) is 17.6 Å². The Hall–Kier alpha value is -0.220. The van der Waals surface area contributed by atoms with E-state index in [1.54, 1.807) is 0 Å². The fourth-order valence-corrected chi connectivity index (χ4v) is 2.79. The van der Waals surface area contributed by atoms with Gasteiger partial charge < -0.3 is 11.1 Å². The molecule has 1 aliphatic rings. The van der Waals surface area contributed by atoms with Crippen LogP contribution in [0.5, 0.6) is 0 Å². The van der Waals surface area contributed by atoms with Crippen LogP contribution in [0.15, 0.2) is 0 Å². The fraction of sp³-hybridized carbons (Fsp3) is 0.900. The number of carbonyl (C=O) groups is 1. The van der Waals surface area contributed by atoms with E-state index in [0.717, 1.165) is 12.2 Å². The van der Waals surface area contributed by atoms with Gasteiger partial charge in [0, 0.05) is 18.3 Å². The minimum absolute atomic E-state index is 0.0272. The molecular formula is C10H20N2OS. The number of nitrogens with one attached hydrogen (secondary N) is 1. The maximum atomic E-state index is 11.8. The van der Waals surface area contributed by atoms with Gasteiger partial charge in [0.1, 0.15) is 0 Å². The number of rotatable bonds is 4. The minimum atomic E-state index is -0.0272. The zero-order valence-corrected chi connectivity index (χ0v) is 9.77. The molecule has 2 unspecified atom stereocenters. The third-order valence-corrected chi connectivity index (χ3v) is 3.83. The zero-order valence-electron chi connectivity index (χ0n) is 8.95. The molecule has 3 N–H and O–H groups in total. The molecule has 0 aromatic rings. The molecule has 0 spiro atoms. The summed E-state index contributed by atoms with van der Waals surface area (Å²) in [6.45, 7) is 4.53. The van der Waals surface area contributed by atoms with Gasteiger partial charge in [0.15, 0.2) is 0 Å². The van der Waals surface area contributed by atoms with Crippen LogP contribution in [0.1, 0.15) is 20.3 Å². The van der Waals surface area contributed by atoms with E-state index in [1.165, 1.54) is 5.75 Å².